The predicted octanol–water partition coefficient (Wildman–Crippen LogP) is 6.42. The number of rotatable bonds is 20. The van der Waals surface area contributed by atoms with Crippen LogP contribution in [0.1, 0.15) is 61.0 Å². The van der Waals surface area contributed by atoms with E-state index in [9.17, 15) is 42.3 Å². The molecule has 0 bridgehead atoms. The highest BCUT2D eigenvalue weighted by Gasteiger charge is 2.44. The summed E-state index contributed by atoms with van der Waals surface area (Å²) in [6.45, 7) is 3.60. The number of hydrogen-bond acceptors (Lipinski definition) is 6. The second kappa shape index (κ2) is 20.3. The second-order valence-corrected chi connectivity index (χ2v) is 14.3. The molecule has 56 heavy (non-hydrogen) atoms. The lowest BCUT2D eigenvalue weighted by molar-refractivity contribution is -0.213. The van der Waals surface area contributed by atoms with Crippen LogP contribution in [-0.2, 0) is 32.0 Å². The molecular weight excluding hydrogens is 723 g/mol. The molecule has 4 rings (SSSR count). The number of aliphatic hydroxyl groups is 1. The zero-order chi connectivity index (χ0) is 40.8. The minimum Gasteiger partial charge on any atom is -0.382 e. The van der Waals surface area contributed by atoms with Gasteiger partial charge in [0, 0.05) is 36.7 Å². The van der Waals surface area contributed by atoms with Crippen molar-refractivity contribution >= 4 is 29.3 Å². The van der Waals surface area contributed by atoms with Crippen LogP contribution in [0.15, 0.2) is 115 Å². The molecule has 12 heteroatoms. The summed E-state index contributed by atoms with van der Waals surface area (Å²) in [5.41, 5.74) is 8.82. The number of nitrogens with one attached hydrogen (secondary N) is 2. The van der Waals surface area contributed by atoms with E-state index < -0.39 is 79.0 Å². The van der Waals surface area contributed by atoms with Gasteiger partial charge in [0.25, 0.3) is 0 Å². The van der Waals surface area contributed by atoms with Crippen molar-refractivity contribution in [3.63, 3.8) is 0 Å². The smallest absolute Gasteiger partial charge is 0.382 e. The Kier molecular flexibility index (Phi) is 15.7. The summed E-state index contributed by atoms with van der Waals surface area (Å²) in [6.07, 6.45) is -9.88. The van der Waals surface area contributed by atoms with Gasteiger partial charge in [-0.05, 0) is 47.4 Å². The van der Waals surface area contributed by atoms with E-state index in [1.807, 2.05) is 42.5 Å². The molecule has 0 aliphatic carbocycles. The minimum absolute atomic E-state index is 0.0405. The molecule has 0 aliphatic rings. The summed E-state index contributed by atoms with van der Waals surface area (Å²) in [7, 11) is 0. The number of nitrogens with two attached hydrogens (primary N) is 1. The van der Waals surface area contributed by atoms with Crippen molar-refractivity contribution in [2.75, 3.05) is 0 Å². The first kappa shape index (κ1) is 43.1. The molecule has 296 valence electrons. The fraction of sp³-hybridized carbons (Fsp3) is 0.341. The Hall–Kier alpha value is -5.62. The molecule has 3 amide bonds. The van der Waals surface area contributed by atoms with Crippen LogP contribution in [0, 0.1) is 17.8 Å². The minimum atomic E-state index is -5.12. The predicted molar refractivity (Wildman–Crippen MR) is 207 cm³/mol. The van der Waals surface area contributed by atoms with Gasteiger partial charge in [-0.2, -0.15) is 13.2 Å². The van der Waals surface area contributed by atoms with Crippen molar-refractivity contribution < 1.29 is 42.3 Å². The number of hydrogen-bond donors (Lipinski definition) is 4. The lowest BCUT2D eigenvalue weighted by Gasteiger charge is -2.28. The van der Waals surface area contributed by atoms with E-state index in [0.29, 0.717) is 16.7 Å². The molecule has 0 heterocycles. The summed E-state index contributed by atoms with van der Waals surface area (Å²) in [5, 5.41) is 15.1. The summed E-state index contributed by atoms with van der Waals surface area (Å²) in [4.78, 5) is 66.9. The Bertz CT molecular complexity index is 1910. The van der Waals surface area contributed by atoms with Crippen LogP contribution >= 0.6 is 0 Å². The molecule has 0 spiro atoms. The topological polar surface area (TPSA) is 156 Å². The van der Waals surface area contributed by atoms with Gasteiger partial charge in [-0.1, -0.05) is 129 Å². The monoisotopic (exact) mass is 771 g/mol. The highest BCUT2D eigenvalue weighted by atomic mass is 19.4. The van der Waals surface area contributed by atoms with Crippen molar-refractivity contribution in [1.82, 2.24) is 10.6 Å². The summed E-state index contributed by atoms with van der Waals surface area (Å²) in [5.74, 6) is -5.56. The van der Waals surface area contributed by atoms with E-state index >= 15 is 0 Å². The van der Waals surface area contributed by atoms with Crippen LogP contribution in [0.4, 0.5) is 13.2 Å². The lowest BCUT2D eigenvalue weighted by Crippen LogP contribution is -2.52. The van der Waals surface area contributed by atoms with Crippen molar-refractivity contribution in [3.8, 4) is 11.1 Å². The third-order valence-electron chi connectivity index (χ3n) is 9.74. The van der Waals surface area contributed by atoms with Gasteiger partial charge in [0.15, 0.2) is 17.7 Å². The Morgan fingerprint density at radius 3 is 1.71 bits per heavy atom. The molecule has 0 saturated carbocycles. The van der Waals surface area contributed by atoms with E-state index in [4.69, 9.17) is 5.73 Å². The molecule has 0 aliphatic heterocycles. The van der Waals surface area contributed by atoms with Gasteiger partial charge in [0.2, 0.25) is 17.7 Å². The number of aliphatic hydroxyl groups excluding tert-OH is 1. The molecule has 0 saturated heterocycles. The van der Waals surface area contributed by atoms with Crippen LogP contribution in [-0.4, -0.2) is 58.8 Å². The van der Waals surface area contributed by atoms with E-state index in [1.54, 1.807) is 86.6 Å². The van der Waals surface area contributed by atoms with Gasteiger partial charge in [0.05, 0.1) is 12.1 Å². The van der Waals surface area contributed by atoms with Crippen LogP contribution < -0.4 is 16.4 Å². The molecule has 0 fully saturated rings. The second-order valence-electron chi connectivity index (χ2n) is 14.3. The normalized spacial score (nSPS) is 14.2. The highest BCUT2D eigenvalue weighted by Crippen LogP contribution is 2.26. The molecule has 4 aromatic rings. The number of alkyl halides is 3. The van der Waals surface area contributed by atoms with Crippen LogP contribution in [0.3, 0.4) is 0 Å². The van der Waals surface area contributed by atoms with Crippen molar-refractivity contribution in [3.05, 3.63) is 132 Å². The van der Waals surface area contributed by atoms with Crippen LogP contribution in [0.5, 0.6) is 0 Å². The fourth-order valence-corrected chi connectivity index (χ4v) is 6.48. The first-order valence-electron chi connectivity index (χ1n) is 18.6. The number of ketones is 2. The van der Waals surface area contributed by atoms with Gasteiger partial charge < -0.3 is 21.5 Å². The number of benzene rings is 4. The molecule has 5 N–H and O–H groups in total. The molecular formula is C44H48F3N3O6. The Morgan fingerprint density at radius 1 is 0.679 bits per heavy atom. The summed E-state index contributed by atoms with van der Waals surface area (Å²) >= 11 is 0. The molecule has 4 aromatic carbocycles. The van der Waals surface area contributed by atoms with Gasteiger partial charge in [-0.25, -0.2) is 0 Å². The highest BCUT2D eigenvalue weighted by molar-refractivity contribution is 6.00. The molecule has 2 unspecified atom stereocenters. The Labute approximate surface area is 324 Å². The number of carbonyl (C=O) groups excluding carboxylic acids is 5. The SMILES string of the molecule is CC(C)[C@H](CC(=O)c1ccc(-c2ccccc2)cc1)C(=O)N[C@@H](Cc1ccccc1)C(=O)C[C@@H](Cc1ccccc1)C(=O)NC(CCC(N)=O)C(O)C(F)(F)F. The summed E-state index contributed by atoms with van der Waals surface area (Å²) in [6, 6.07) is 31.1. The van der Waals surface area contributed by atoms with Crippen LogP contribution in [0.25, 0.3) is 11.1 Å². The molecule has 0 aromatic heterocycles. The van der Waals surface area contributed by atoms with Gasteiger partial charge in [0.1, 0.15) is 0 Å². The van der Waals surface area contributed by atoms with E-state index in [1.165, 1.54) is 0 Å². The quantitative estimate of drug-likeness (QED) is 0.0761. The van der Waals surface area contributed by atoms with Crippen LogP contribution in [0.2, 0.25) is 0 Å². The standard InChI is InChI=1S/C44H48F3N3O6/c1-28(2)35(27-38(51)33-20-18-32(19-21-33)31-16-10-5-11-17-31)43(56)50-37(25-30-14-8-4-9-15-30)39(52)26-34(24-29-12-6-3-7-13-29)42(55)49-36(22-23-40(48)53)41(54)44(45,46)47/h3-21,28,34-37,41,54H,22-27H2,1-2H3,(H2,48,53)(H,49,55)(H,50,56)/t34-,35+,36?,37+,41?/m1/s1. The molecule has 0 radical (unpaired) electrons. The van der Waals surface area contributed by atoms with E-state index in [-0.39, 0.29) is 31.0 Å². The fourth-order valence-electron chi connectivity index (χ4n) is 6.48. The van der Waals surface area contributed by atoms with E-state index in [0.717, 1.165) is 11.1 Å². The third kappa shape index (κ3) is 13.0. The maximum atomic E-state index is 14.2. The number of halogens is 3. The van der Waals surface area contributed by atoms with Crippen molar-refractivity contribution in [1.29, 1.82) is 0 Å². The average Bonchev–Trinajstić information content (AvgIpc) is 3.18. The first-order valence-corrected chi connectivity index (χ1v) is 18.6. The average molecular weight is 772 g/mol. The Morgan fingerprint density at radius 2 is 1.20 bits per heavy atom. The van der Waals surface area contributed by atoms with E-state index in [2.05, 4.69) is 10.6 Å². The Balaban J connectivity index is 1.57. The van der Waals surface area contributed by atoms with Gasteiger partial charge in [-0.3, -0.25) is 24.0 Å². The number of Topliss-reactive ketones (excluding diaryl/α,β-unsaturated/α-hetero) is 2. The van der Waals surface area contributed by atoms with Gasteiger partial charge >= 0.3 is 6.18 Å². The largest absolute Gasteiger partial charge is 0.416 e. The number of primary amides is 1. The zero-order valence-corrected chi connectivity index (χ0v) is 31.4. The molecule has 9 nitrogen and oxygen atoms in total. The van der Waals surface area contributed by atoms with Crippen molar-refractivity contribution in [2.45, 2.75) is 76.7 Å². The third-order valence-corrected chi connectivity index (χ3v) is 9.74. The number of carbonyl (C=O) groups is 5. The zero-order valence-electron chi connectivity index (χ0n) is 31.4. The molecule has 5 atom stereocenters. The maximum absolute atomic E-state index is 14.2. The number of amides is 3. The van der Waals surface area contributed by atoms with Gasteiger partial charge in [-0.15, -0.1) is 0 Å². The summed E-state index contributed by atoms with van der Waals surface area (Å²) < 4.78 is 40.8. The lowest BCUT2D eigenvalue weighted by atomic mass is 9.86. The first-order chi connectivity index (χ1) is 26.6. The maximum Gasteiger partial charge on any atom is 0.416 e. The van der Waals surface area contributed by atoms with Crippen molar-refractivity contribution in [2.24, 2.45) is 23.5 Å².